The van der Waals surface area contributed by atoms with Crippen molar-refractivity contribution in [3.8, 4) is 11.4 Å². The average molecular weight is 398 g/mol. The summed E-state index contributed by atoms with van der Waals surface area (Å²) in [5, 5.41) is 0. The molecule has 150 valence electrons. The SMILES string of the molecule is O=C1c2cnc(-c3ccccc3)nc2CCCN1CC(=O)N1CCc2ccccc21. The van der Waals surface area contributed by atoms with Gasteiger partial charge in [0.25, 0.3) is 5.91 Å². The highest BCUT2D eigenvalue weighted by Gasteiger charge is 2.30. The maximum absolute atomic E-state index is 13.2. The van der Waals surface area contributed by atoms with Crippen LogP contribution in [0.25, 0.3) is 11.4 Å². The Morgan fingerprint density at radius 1 is 0.967 bits per heavy atom. The second-order valence-corrected chi connectivity index (χ2v) is 7.67. The Morgan fingerprint density at radius 2 is 1.77 bits per heavy atom. The van der Waals surface area contributed by atoms with E-state index in [0.717, 1.165) is 29.8 Å². The van der Waals surface area contributed by atoms with Crippen LogP contribution in [0.4, 0.5) is 5.69 Å². The molecule has 6 heteroatoms. The molecule has 1 aromatic heterocycles. The van der Waals surface area contributed by atoms with Gasteiger partial charge < -0.3 is 9.80 Å². The standard InChI is InChI=1S/C24H22N4O2/c29-22(28-14-12-17-7-4-5-11-21(17)28)16-27-13-6-10-20-19(24(27)30)15-25-23(26-20)18-8-2-1-3-9-18/h1-5,7-9,11,15H,6,10,12-14,16H2. The van der Waals surface area contributed by atoms with Gasteiger partial charge in [-0.05, 0) is 30.9 Å². The van der Waals surface area contributed by atoms with Crippen molar-refractivity contribution in [3.63, 3.8) is 0 Å². The number of aryl methyl sites for hydroxylation is 1. The normalized spacial score (nSPS) is 15.5. The first kappa shape index (κ1) is 18.5. The van der Waals surface area contributed by atoms with Crippen LogP contribution in [0.15, 0.2) is 60.8 Å². The van der Waals surface area contributed by atoms with E-state index < -0.39 is 0 Å². The zero-order valence-electron chi connectivity index (χ0n) is 16.6. The predicted molar refractivity (Wildman–Crippen MR) is 114 cm³/mol. The highest BCUT2D eigenvalue weighted by molar-refractivity contribution is 6.01. The molecule has 0 N–H and O–H groups in total. The molecule has 2 amide bonds. The molecular formula is C24H22N4O2. The first-order valence-electron chi connectivity index (χ1n) is 10.3. The average Bonchev–Trinajstić information content (AvgIpc) is 3.16. The quantitative estimate of drug-likeness (QED) is 0.680. The third-order valence-electron chi connectivity index (χ3n) is 5.77. The fraction of sp³-hybridized carbons (Fsp3) is 0.250. The number of anilines is 1. The van der Waals surface area contributed by atoms with E-state index in [9.17, 15) is 9.59 Å². The van der Waals surface area contributed by atoms with Gasteiger partial charge in [0.1, 0.15) is 6.54 Å². The fourth-order valence-corrected chi connectivity index (χ4v) is 4.22. The summed E-state index contributed by atoms with van der Waals surface area (Å²) >= 11 is 0. The van der Waals surface area contributed by atoms with Crippen LogP contribution in [-0.2, 0) is 17.6 Å². The highest BCUT2D eigenvalue weighted by atomic mass is 16.2. The van der Waals surface area contributed by atoms with E-state index in [2.05, 4.69) is 16.0 Å². The Labute approximate surface area is 175 Å². The smallest absolute Gasteiger partial charge is 0.257 e. The first-order chi connectivity index (χ1) is 14.7. The van der Waals surface area contributed by atoms with Gasteiger partial charge in [0.05, 0.1) is 11.3 Å². The minimum Gasteiger partial charge on any atom is -0.329 e. The van der Waals surface area contributed by atoms with Crippen molar-refractivity contribution in [2.45, 2.75) is 19.3 Å². The van der Waals surface area contributed by atoms with Crippen molar-refractivity contribution in [2.24, 2.45) is 0 Å². The Balaban J connectivity index is 1.36. The lowest BCUT2D eigenvalue weighted by Crippen LogP contribution is -2.42. The number of benzene rings is 2. The number of amides is 2. The summed E-state index contributed by atoms with van der Waals surface area (Å²) in [7, 11) is 0. The zero-order chi connectivity index (χ0) is 20.5. The minimum absolute atomic E-state index is 0.0430. The third kappa shape index (κ3) is 3.34. The number of hydrogen-bond donors (Lipinski definition) is 0. The molecule has 0 aliphatic carbocycles. The van der Waals surface area contributed by atoms with Crippen LogP contribution < -0.4 is 4.90 Å². The summed E-state index contributed by atoms with van der Waals surface area (Å²) in [6, 6.07) is 17.7. The lowest BCUT2D eigenvalue weighted by molar-refractivity contribution is -0.119. The van der Waals surface area contributed by atoms with Gasteiger partial charge >= 0.3 is 0 Å². The molecular weight excluding hydrogens is 376 g/mol. The Hall–Kier alpha value is -3.54. The highest BCUT2D eigenvalue weighted by Crippen LogP contribution is 2.28. The monoisotopic (exact) mass is 398 g/mol. The number of fused-ring (bicyclic) bond motifs is 2. The summed E-state index contributed by atoms with van der Waals surface area (Å²) in [6.45, 7) is 1.28. The van der Waals surface area contributed by atoms with Gasteiger partial charge in [-0.1, -0.05) is 48.5 Å². The van der Waals surface area contributed by atoms with E-state index >= 15 is 0 Å². The van der Waals surface area contributed by atoms with Gasteiger partial charge in [-0.15, -0.1) is 0 Å². The number of aromatic nitrogens is 2. The number of rotatable bonds is 3. The molecule has 0 radical (unpaired) electrons. The van der Waals surface area contributed by atoms with Crippen LogP contribution in [0.3, 0.4) is 0 Å². The predicted octanol–water partition coefficient (Wildman–Crippen LogP) is 3.12. The van der Waals surface area contributed by atoms with E-state index in [1.807, 2.05) is 48.5 Å². The van der Waals surface area contributed by atoms with Gasteiger partial charge in [-0.3, -0.25) is 9.59 Å². The molecule has 0 saturated heterocycles. The molecule has 3 aromatic rings. The summed E-state index contributed by atoms with van der Waals surface area (Å²) in [6.07, 6.45) is 3.93. The summed E-state index contributed by atoms with van der Waals surface area (Å²) < 4.78 is 0. The molecule has 2 aromatic carbocycles. The Bertz CT molecular complexity index is 1110. The van der Waals surface area contributed by atoms with E-state index in [1.165, 1.54) is 5.56 Å². The van der Waals surface area contributed by atoms with E-state index in [0.29, 0.717) is 30.9 Å². The largest absolute Gasteiger partial charge is 0.329 e. The van der Waals surface area contributed by atoms with Crippen LogP contribution >= 0.6 is 0 Å². The molecule has 3 heterocycles. The second kappa shape index (κ2) is 7.71. The number of hydrogen-bond acceptors (Lipinski definition) is 4. The van der Waals surface area contributed by atoms with E-state index in [4.69, 9.17) is 0 Å². The summed E-state index contributed by atoms with van der Waals surface area (Å²) in [5.41, 5.74) is 4.33. The molecule has 0 atom stereocenters. The van der Waals surface area contributed by atoms with Crippen LogP contribution in [0.1, 0.15) is 28.0 Å². The van der Waals surface area contributed by atoms with Crippen molar-refractivity contribution in [1.82, 2.24) is 14.9 Å². The number of para-hydroxylation sites is 1. The van der Waals surface area contributed by atoms with Gasteiger partial charge in [0, 0.05) is 30.5 Å². The van der Waals surface area contributed by atoms with Crippen molar-refractivity contribution in [1.29, 1.82) is 0 Å². The lowest BCUT2D eigenvalue weighted by Gasteiger charge is -2.24. The van der Waals surface area contributed by atoms with Crippen molar-refractivity contribution in [2.75, 3.05) is 24.5 Å². The van der Waals surface area contributed by atoms with Gasteiger partial charge in [0.2, 0.25) is 5.91 Å². The van der Waals surface area contributed by atoms with E-state index in [-0.39, 0.29) is 18.4 Å². The van der Waals surface area contributed by atoms with Gasteiger partial charge in [-0.2, -0.15) is 0 Å². The minimum atomic E-state index is -0.164. The van der Waals surface area contributed by atoms with Gasteiger partial charge in [-0.25, -0.2) is 9.97 Å². The molecule has 0 saturated carbocycles. The topological polar surface area (TPSA) is 66.4 Å². The van der Waals surface area contributed by atoms with Crippen LogP contribution in [-0.4, -0.2) is 46.3 Å². The maximum atomic E-state index is 13.2. The molecule has 0 spiro atoms. The number of carbonyl (C=O) groups is 2. The molecule has 30 heavy (non-hydrogen) atoms. The number of nitrogens with zero attached hydrogens (tertiary/aromatic N) is 4. The first-order valence-corrected chi connectivity index (χ1v) is 10.3. The number of carbonyl (C=O) groups excluding carboxylic acids is 2. The van der Waals surface area contributed by atoms with Crippen LogP contribution in [0.2, 0.25) is 0 Å². The Kier molecular flexibility index (Phi) is 4.75. The van der Waals surface area contributed by atoms with Crippen molar-refractivity contribution < 1.29 is 9.59 Å². The van der Waals surface area contributed by atoms with E-state index in [1.54, 1.807) is 16.0 Å². The molecule has 0 bridgehead atoms. The van der Waals surface area contributed by atoms with Crippen LogP contribution in [0.5, 0.6) is 0 Å². The molecule has 6 nitrogen and oxygen atoms in total. The molecule has 2 aliphatic heterocycles. The summed E-state index contributed by atoms with van der Waals surface area (Å²) in [5.74, 6) is 0.418. The third-order valence-corrected chi connectivity index (χ3v) is 5.77. The zero-order valence-corrected chi connectivity index (χ0v) is 16.6. The van der Waals surface area contributed by atoms with Crippen molar-refractivity contribution in [3.05, 3.63) is 77.6 Å². The van der Waals surface area contributed by atoms with Crippen LogP contribution in [0, 0.1) is 0 Å². The molecule has 5 rings (SSSR count). The van der Waals surface area contributed by atoms with Crippen molar-refractivity contribution >= 4 is 17.5 Å². The van der Waals surface area contributed by atoms with Gasteiger partial charge in [0.15, 0.2) is 5.82 Å². The maximum Gasteiger partial charge on any atom is 0.257 e. The fourth-order valence-electron chi connectivity index (χ4n) is 4.22. The molecule has 0 unspecified atom stereocenters. The molecule has 2 aliphatic rings. The Morgan fingerprint density at radius 3 is 2.63 bits per heavy atom. The molecule has 0 fully saturated rings. The second-order valence-electron chi connectivity index (χ2n) is 7.67. The summed E-state index contributed by atoms with van der Waals surface area (Å²) in [4.78, 5) is 38.7. The lowest BCUT2D eigenvalue weighted by atomic mass is 10.1.